The summed E-state index contributed by atoms with van der Waals surface area (Å²) in [7, 11) is 0. The molecule has 0 aliphatic carbocycles. The number of rotatable bonds is 10. The van der Waals surface area contributed by atoms with Crippen LogP contribution in [-0.4, -0.2) is 28.8 Å². The van der Waals surface area contributed by atoms with Gasteiger partial charge >= 0.3 is 0 Å². The molecular formula is C15H28N2O4. The molecule has 6 nitrogen and oxygen atoms in total. The molecule has 0 radical (unpaired) electrons. The largest absolute Gasteiger partial charge is 0.547 e. The molecule has 0 spiro atoms. The first kappa shape index (κ1) is 19.6. The molecule has 122 valence electrons. The first-order valence-corrected chi connectivity index (χ1v) is 7.56. The van der Waals surface area contributed by atoms with Crippen molar-refractivity contribution in [1.82, 2.24) is 4.98 Å². The minimum Gasteiger partial charge on any atom is -0.547 e. The van der Waals surface area contributed by atoms with E-state index in [4.69, 9.17) is 9.84 Å². The predicted octanol–water partition coefficient (Wildman–Crippen LogP) is 0.754. The van der Waals surface area contributed by atoms with E-state index in [-0.39, 0.29) is 0 Å². The third-order valence-corrected chi connectivity index (χ3v) is 2.83. The number of aliphatic hydroxyl groups excluding tert-OH is 1. The average Bonchev–Trinajstić information content (AvgIpc) is 2.95. The van der Waals surface area contributed by atoms with Gasteiger partial charge in [0.2, 0.25) is 6.33 Å². The van der Waals surface area contributed by atoms with E-state index >= 15 is 0 Å². The lowest BCUT2D eigenvalue weighted by molar-refractivity contribution is -0.731. The molecule has 0 amide bonds. The van der Waals surface area contributed by atoms with Gasteiger partial charge in [0.15, 0.2) is 6.73 Å². The fourth-order valence-electron chi connectivity index (χ4n) is 1.56. The van der Waals surface area contributed by atoms with Crippen LogP contribution in [0.1, 0.15) is 52.4 Å². The van der Waals surface area contributed by atoms with Crippen molar-refractivity contribution in [3.63, 3.8) is 0 Å². The minimum atomic E-state index is -1.44. The number of aliphatic hydroxyl groups is 1. The number of carboxylic acid groups (broad SMARTS) is 1. The second kappa shape index (κ2) is 13.6. The van der Waals surface area contributed by atoms with Gasteiger partial charge in [0.1, 0.15) is 12.4 Å². The van der Waals surface area contributed by atoms with Crippen LogP contribution in [0.5, 0.6) is 0 Å². The van der Waals surface area contributed by atoms with Gasteiger partial charge in [-0.15, -0.1) is 0 Å². The molecule has 1 rings (SSSR count). The molecule has 0 unspecified atom stereocenters. The summed E-state index contributed by atoms with van der Waals surface area (Å²) in [4.78, 5) is 12.3. The predicted molar refractivity (Wildman–Crippen MR) is 77.0 cm³/mol. The third kappa shape index (κ3) is 13.3. The molecule has 0 bridgehead atoms. The summed E-state index contributed by atoms with van der Waals surface area (Å²) >= 11 is 0. The van der Waals surface area contributed by atoms with Crippen LogP contribution in [0.2, 0.25) is 0 Å². The molecule has 1 heterocycles. The van der Waals surface area contributed by atoms with Crippen LogP contribution in [0.15, 0.2) is 18.7 Å². The van der Waals surface area contributed by atoms with Crippen LogP contribution in [0, 0.1) is 0 Å². The summed E-state index contributed by atoms with van der Waals surface area (Å²) in [5.74, 6) is -1.44. The number of carboxylic acids is 1. The number of ether oxygens (including phenoxy) is 1. The minimum absolute atomic E-state index is 0.665. The van der Waals surface area contributed by atoms with Crippen LogP contribution in [0.4, 0.5) is 0 Å². The lowest BCUT2D eigenvalue weighted by atomic mass is 10.1. The van der Waals surface area contributed by atoms with Gasteiger partial charge in [-0.3, -0.25) is 4.98 Å². The Morgan fingerprint density at radius 3 is 2.48 bits per heavy atom. The van der Waals surface area contributed by atoms with Crippen LogP contribution in [-0.2, 0) is 16.3 Å². The monoisotopic (exact) mass is 300 g/mol. The van der Waals surface area contributed by atoms with E-state index in [1.165, 1.54) is 38.5 Å². The normalized spacial score (nSPS) is 11.6. The van der Waals surface area contributed by atoms with Crippen molar-refractivity contribution >= 4 is 5.97 Å². The maximum absolute atomic E-state index is 9.34. The summed E-state index contributed by atoms with van der Waals surface area (Å²) in [5.41, 5.74) is 0. The van der Waals surface area contributed by atoms with Crippen molar-refractivity contribution in [2.75, 3.05) is 6.61 Å². The highest BCUT2D eigenvalue weighted by Gasteiger charge is 1.95. The molecule has 0 fully saturated rings. The van der Waals surface area contributed by atoms with Crippen molar-refractivity contribution in [3.8, 4) is 0 Å². The second-order valence-corrected chi connectivity index (χ2v) is 4.93. The molecule has 21 heavy (non-hydrogen) atoms. The Hall–Kier alpha value is -1.40. The highest BCUT2D eigenvalue weighted by molar-refractivity contribution is 5.68. The van der Waals surface area contributed by atoms with Crippen LogP contribution in [0.25, 0.3) is 0 Å². The zero-order valence-corrected chi connectivity index (χ0v) is 13.1. The highest BCUT2D eigenvalue weighted by Crippen LogP contribution is 2.04. The molecule has 1 aromatic heterocycles. The number of hydrogen-bond acceptors (Lipinski definition) is 4. The Balaban J connectivity index is 0.000000567. The summed E-state index contributed by atoms with van der Waals surface area (Å²) in [5, 5.41) is 17.3. The number of nitrogens with zero attached hydrogens (tertiary/aromatic N) is 1. The quantitative estimate of drug-likeness (QED) is 0.493. The van der Waals surface area contributed by atoms with Crippen LogP contribution >= 0.6 is 0 Å². The fraction of sp³-hybridized carbons (Fsp3) is 0.733. The SMILES string of the molecule is CCCCCCCCOC[n+]1cc[nH]c1.C[C@H](O)C(=O)[O-]. The molecule has 2 N–H and O–H groups in total. The van der Waals surface area contributed by atoms with Gasteiger partial charge < -0.3 is 19.7 Å². The van der Waals surface area contributed by atoms with Gasteiger partial charge in [-0.1, -0.05) is 39.0 Å². The Morgan fingerprint density at radius 1 is 1.33 bits per heavy atom. The number of aromatic amines is 1. The highest BCUT2D eigenvalue weighted by atomic mass is 16.5. The number of imidazole rings is 1. The molecule has 1 atom stereocenters. The molecule has 0 saturated carbocycles. The first-order chi connectivity index (χ1) is 10.1. The lowest BCUT2D eigenvalue weighted by Crippen LogP contribution is -2.32. The Morgan fingerprint density at radius 2 is 1.95 bits per heavy atom. The number of unbranched alkanes of at least 4 members (excludes halogenated alkanes) is 5. The maximum Gasteiger partial charge on any atom is 0.243 e. The average molecular weight is 300 g/mol. The molecular weight excluding hydrogens is 272 g/mol. The fourth-order valence-corrected chi connectivity index (χ4v) is 1.56. The van der Waals surface area contributed by atoms with Crippen molar-refractivity contribution < 1.29 is 24.3 Å². The van der Waals surface area contributed by atoms with Gasteiger partial charge in [-0.05, 0) is 13.3 Å². The van der Waals surface area contributed by atoms with Gasteiger partial charge in [0, 0.05) is 0 Å². The molecule has 0 saturated heterocycles. The number of nitrogens with one attached hydrogen (secondary N) is 1. The van der Waals surface area contributed by atoms with Gasteiger partial charge in [0.25, 0.3) is 0 Å². The molecule has 0 aliphatic heterocycles. The molecule has 0 aromatic carbocycles. The van der Waals surface area contributed by atoms with Crippen molar-refractivity contribution in [2.24, 2.45) is 0 Å². The zero-order valence-electron chi connectivity index (χ0n) is 13.1. The number of H-pyrrole nitrogens is 1. The first-order valence-electron chi connectivity index (χ1n) is 7.56. The number of hydrogen-bond donors (Lipinski definition) is 2. The molecule has 1 aromatic rings. The number of aliphatic carboxylic acids is 1. The van der Waals surface area contributed by atoms with Crippen molar-refractivity contribution in [2.45, 2.75) is 65.2 Å². The van der Waals surface area contributed by atoms with Crippen LogP contribution in [0.3, 0.4) is 0 Å². The van der Waals surface area contributed by atoms with E-state index in [0.29, 0.717) is 6.73 Å². The van der Waals surface area contributed by atoms with Gasteiger partial charge in [-0.2, -0.15) is 0 Å². The maximum atomic E-state index is 9.34. The molecule has 6 heteroatoms. The summed E-state index contributed by atoms with van der Waals surface area (Å²) < 4.78 is 7.52. The summed E-state index contributed by atoms with van der Waals surface area (Å²) in [6.07, 6.45) is 12.4. The second-order valence-electron chi connectivity index (χ2n) is 4.93. The molecule has 0 aliphatic rings. The summed E-state index contributed by atoms with van der Waals surface area (Å²) in [6.45, 7) is 4.93. The van der Waals surface area contributed by atoms with E-state index in [2.05, 4.69) is 11.9 Å². The van der Waals surface area contributed by atoms with E-state index in [1.807, 2.05) is 23.3 Å². The van der Waals surface area contributed by atoms with E-state index in [0.717, 1.165) is 13.5 Å². The number of carbonyl (C=O) groups is 1. The van der Waals surface area contributed by atoms with E-state index < -0.39 is 12.1 Å². The van der Waals surface area contributed by atoms with Gasteiger partial charge in [0.05, 0.1) is 18.7 Å². The number of aromatic nitrogens is 2. The number of carbonyl (C=O) groups excluding carboxylic acids is 1. The lowest BCUT2D eigenvalue weighted by Gasteiger charge is -2.01. The van der Waals surface area contributed by atoms with E-state index in [9.17, 15) is 9.90 Å². The van der Waals surface area contributed by atoms with E-state index in [1.54, 1.807) is 0 Å². The van der Waals surface area contributed by atoms with Crippen LogP contribution < -0.4 is 9.67 Å². The Bertz CT molecular complexity index is 339. The summed E-state index contributed by atoms with van der Waals surface area (Å²) in [6, 6.07) is 0. The Kier molecular flexibility index (Phi) is 12.7. The standard InChI is InChI=1S/C12H22N2O.C3H6O3/c1-2-3-4-5-6-7-10-15-12-14-9-8-13-11-14;1-2(4)3(5)6/h8-9,11H,2-7,10,12H2,1H3;2,4H,1H3,(H,5,6)/t;2-/m.0/s1. The van der Waals surface area contributed by atoms with Crippen molar-refractivity contribution in [3.05, 3.63) is 18.7 Å². The zero-order chi connectivity index (χ0) is 15.9. The van der Waals surface area contributed by atoms with Crippen molar-refractivity contribution in [1.29, 1.82) is 0 Å². The topological polar surface area (TPSA) is 89.3 Å². The van der Waals surface area contributed by atoms with Gasteiger partial charge in [-0.25, -0.2) is 4.57 Å². The smallest absolute Gasteiger partial charge is 0.243 e. The third-order valence-electron chi connectivity index (χ3n) is 2.83. The Labute approximate surface area is 126 Å².